The summed E-state index contributed by atoms with van der Waals surface area (Å²) in [6.45, 7) is 0.807. The van der Waals surface area contributed by atoms with Gasteiger partial charge in [0.25, 0.3) is 0 Å². The Hall–Kier alpha value is -5.86. The molecule has 31 heteroatoms. The molecule has 1 aliphatic rings. The monoisotopic (exact) mass is 1140 g/mol. The lowest BCUT2D eigenvalue weighted by atomic mass is 10.0. The Morgan fingerprint density at radius 3 is 1.60 bits per heavy atom. The van der Waals surface area contributed by atoms with Crippen molar-refractivity contribution in [3.8, 4) is 0 Å². The van der Waals surface area contributed by atoms with Crippen LogP contribution in [0.25, 0.3) is 0 Å². The van der Waals surface area contributed by atoms with Gasteiger partial charge in [0.05, 0.1) is 43.3 Å². The number of nitrogens with one attached hydrogen (secondary N) is 9. The molecule has 0 bridgehead atoms. The molecular weight excluding hydrogens is 1060 g/mol. The molecule has 9 amide bonds. The fourth-order valence-corrected chi connectivity index (χ4v) is 7.85. The number of aliphatic hydroxyl groups is 6. The number of alkyl halides is 1. The van der Waals surface area contributed by atoms with Gasteiger partial charge in [-0.15, -0.1) is 11.6 Å². The topological polar surface area (TPSA) is 499 Å². The average Bonchev–Trinajstić information content (AvgIpc) is 3.38. The first-order valence-corrected chi connectivity index (χ1v) is 26.5. The summed E-state index contributed by atoms with van der Waals surface area (Å²) in [5.41, 5.74) is 11.4. The van der Waals surface area contributed by atoms with Gasteiger partial charge in [-0.2, -0.15) is 0 Å². The van der Waals surface area contributed by atoms with Crippen molar-refractivity contribution in [3.63, 3.8) is 0 Å². The maximum atomic E-state index is 13.9. The number of rotatable bonds is 25. The van der Waals surface area contributed by atoms with Crippen LogP contribution >= 0.6 is 11.6 Å². The van der Waals surface area contributed by atoms with E-state index in [2.05, 4.69) is 38.8 Å². The molecule has 446 valence electrons. The van der Waals surface area contributed by atoms with Crippen LogP contribution in [0, 0.1) is 0 Å². The maximum Gasteiger partial charge on any atom is 0.335 e. The number of aliphatic carboxylic acids is 1. The molecule has 0 aromatic rings. The minimum absolute atomic E-state index is 0.201. The summed E-state index contributed by atoms with van der Waals surface area (Å²) >= 11 is 5.83. The van der Waals surface area contributed by atoms with Gasteiger partial charge in [-0.3, -0.25) is 43.2 Å². The van der Waals surface area contributed by atoms with Gasteiger partial charge in [-0.05, 0) is 52.6 Å². The third kappa shape index (κ3) is 25.7. The first kappa shape index (κ1) is 70.2. The molecule has 1 rings (SSSR count). The van der Waals surface area contributed by atoms with Crippen molar-refractivity contribution in [2.45, 2.75) is 190 Å². The number of carboxylic acid groups (broad SMARTS) is 1. The largest absolute Gasteiger partial charge is 0.479 e. The number of hydrogen-bond acceptors (Lipinski definition) is 20. The summed E-state index contributed by atoms with van der Waals surface area (Å²) in [5, 5.41) is 92.0. The van der Waals surface area contributed by atoms with E-state index in [-0.39, 0.29) is 32.4 Å². The van der Waals surface area contributed by atoms with Gasteiger partial charge in [0.1, 0.15) is 48.9 Å². The van der Waals surface area contributed by atoms with Crippen LogP contribution in [0.4, 0.5) is 0 Å². The highest BCUT2D eigenvalue weighted by Gasteiger charge is 2.42. The van der Waals surface area contributed by atoms with Gasteiger partial charge in [0, 0.05) is 6.61 Å². The van der Waals surface area contributed by atoms with E-state index < -0.39 is 182 Å². The third-order valence-corrected chi connectivity index (χ3v) is 12.5. The fourth-order valence-electron chi connectivity index (χ4n) is 7.67. The number of esters is 1. The van der Waals surface area contributed by atoms with Crippen LogP contribution in [0.2, 0.25) is 0 Å². The van der Waals surface area contributed by atoms with Crippen LogP contribution in [0.1, 0.15) is 111 Å². The van der Waals surface area contributed by atoms with Crippen molar-refractivity contribution in [1.29, 1.82) is 0 Å². The van der Waals surface area contributed by atoms with Crippen molar-refractivity contribution in [2.75, 3.05) is 38.7 Å². The number of carbonyl (C=O) groups is 11. The highest BCUT2D eigenvalue weighted by molar-refractivity contribution is 6.18. The van der Waals surface area contributed by atoms with Gasteiger partial charge < -0.3 is 99.8 Å². The fraction of sp³-hybridized carbons (Fsp3) is 0.766. The van der Waals surface area contributed by atoms with Gasteiger partial charge in [0.2, 0.25) is 53.2 Å². The zero-order chi connectivity index (χ0) is 59.1. The number of ether oxygens (including phenoxy) is 1. The predicted octanol–water partition coefficient (Wildman–Crippen LogP) is -6.90. The minimum atomic E-state index is -2.87. The van der Waals surface area contributed by atoms with Crippen molar-refractivity contribution >= 4 is 76.7 Å². The summed E-state index contributed by atoms with van der Waals surface area (Å²) in [5.74, 6) is -15.9. The molecule has 0 saturated carbocycles. The number of halogens is 1. The number of unbranched alkanes of at least 4 members (excludes halogenated alkanes) is 8. The summed E-state index contributed by atoms with van der Waals surface area (Å²) in [7, 11) is 0. The molecule has 1 heterocycles. The number of cyclic esters (lactones) is 1. The first-order valence-electron chi connectivity index (χ1n) is 25.9. The molecule has 30 nitrogen and oxygen atoms in total. The molecule has 13 atom stereocenters. The first-order chi connectivity index (χ1) is 36.9. The van der Waals surface area contributed by atoms with Gasteiger partial charge >= 0.3 is 11.9 Å². The lowest BCUT2D eigenvalue weighted by Gasteiger charge is -2.30. The Morgan fingerprint density at radius 2 is 1.09 bits per heavy atom. The average molecular weight is 1140 g/mol. The number of aliphatic hydroxyl groups excluding tert-OH is 6. The van der Waals surface area contributed by atoms with E-state index in [1.807, 2.05) is 16.0 Å². The molecule has 1 aliphatic heterocycles. The van der Waals surface area contributed by atoms with Crippen LogP contribution in [0.3, 0.4) is 0 Å². The summed E-state index contributed by atoms with van der Waals surface area (Å²) in [6, 6.07) is -15.8. The molecule has 78 heavy (non-hydrogen) atoms. The zero-order valence-corrected chi connectivity index (χ0v) is 45.0. The van der Waals surface area contributed by atoms with Crippen LogP contribution in [-0.4, -0.2) is 218 Å². The second-order valence-corrected chi connectivity index (χ2v) is 19.1. The molecule has 0 spiro atoms. The standard InChI is InChI=1S/C47H82ClN11O19/c1-4-5-6-7-8-9-10-11-12-13-26(63)20-32(65)53-30-23-78-47(77)36(31(64)21-48)58-45(74)37(38(67)46(75)76)59-44(73)35(25(3)62)57-43(72)34(24(2)61)56-41(70)28(15-18-50)55-40(69)29(16-19-60)52-33(66)22-51-39(68)27(14-17-49)54-42(30)71/h24-31,34-38,60-64,67H,4-23,49-50H2,1-3H3,(H,51,68)(H,52,66)(H,53,65)(H,54,71)(H,55,69)(H,56,70)(H,57,72)(H,58,74)(H,59,73)(H,75,76). The number of amides is 9. The maximum absolute atomic E-state index is 13.9. The molecule has 0 aliphatic carbocycles. The molecule has 0 radical (unpaired) electrons. The normalized spacial score (nSPS) is 25.3. The lowest BCUT2D eigenvalue weighted by molar-refractivity contribution is -0.155. The highest BCUT2D eigenvalue weighted by atomic mass is 35.5. The van der Waals surface area contributed by atoms with Crippen molar-refractivity contribution in [3.05, 3.63) is 0 Å². The Bertz CT molecular complexity index is 1970. The van der Waals surface area contributed by atoms with Crippen LogP contribution in [-0.2, 0) is 57.5 Å². The van der Waals surface area contributed by atoms with Crippen LogP contribution in [0.5, 0.6) is 0 Å². The molecule has 0 aromatic carbocycles. The van der Waals surface area contributed by atoms with E-state index in [1.165, 1.54) is 0 Å². The van der Waals surface area contributed by atoms with Gasteiger partial charge in [0.15, 0.2) is 12.1 Å². The lowest BCUT2D eigenvalue weighted by Crippen LogP contribution is -2.65. The molecule has 1 fully saturated rings. The van der Waals surface area contributed by atoms with E-state index in [4.69, 9.17) is 27.8 Å². The molecular formula is C47H82ClN11O19. The van der Waals surface area contributed by atoms with Crippen LogP contribution < -0.4 is 59.3 Å². The third-order valence-electron chi connectivity index (χ3n) is 12.1. The minimum Gasteiger partial charge on any atom is -0.479 e. The van der Waals surface area contributed by atoms with Gasteiger partial charge in [-0.25, -0.2) is 9.59 Å². The summed E-state index contributed by atoms with van der Waals surface area (Å²) < 4.78 is 5.24. The quantitative estimate of drug-likeness (QED) is 0.0229. The van der Waals surface area contributed by atoms with E-state index in [1.54, 1.807) is 0 Å². The van der Waals surface area contributed by atoms with Crippen molar-refractivity contribution in [2.24, 2.45) is 11.5 Å². The second-order valence-electron chi connectivity index (χ2n) is 18.8. The summed E-state index contributed by atoms with van der Waals surface area (Å²) in [6.07, 6.45) is -2.51. The van der Waals surface area contributed by atoms with Crippen molar-refractivity contribution in [1.82, 2.24) is 47.9 Å². The number of nitrogens with two attached hydrogens (primary N) is 2. The second kappa shape index (κ2) is 37.9. The zero-order valence-electron chi connectivity index (χ0n) is 44.2. The highest BCUT2D eigenvalue weighted by Crippen LogP contribution is 2.13. The molecule has 1 saturated heterocycles. The Labute approximate surface area is 456 Å². The smallest absolute Gasteiger partial charge is 0.335 e. The van der Waals surface area contributed by atoms with Gasteiger partial charge in [-0.1, -0.05) is 64.7 Å². The number of carboxylic acids is 1. The molecule has 0 aromatic heterocycles. The molecule has 13 unspecified atom stereocenters. The number of hydrogen-bond donors (Lipinski definition) is 18. The Balaban J connectivity index is 3.82. The van der Waals surface area contributed by atoms with E-state index in [0.717, 1.165) is 65.2 Å². The predicted molar refractivity (Wildman–Crippen MR) is 275 cm³/mol. The SMILES string of the molecule is CCCCCCCCCCCC(O)CC(=O)NC1COC(=O)C(C(O)CCl)NC(=O)C(C(O)C(=O)O)NC(=O)C(C(C)O)NC(=O)C(C(C)O)NC(=O)C(CCN)NC(=O)C(CCO)NC(=O)CNC(=O)C(CCN)NC1=O. The Kier molecular flexibility index (Phi) is 34.1. The Morgan fingerprint density at radius 1 is 0.628 bits per heavy atom. The summed E-state index contributed by atoms with van der Waals surface area (Å²) in [4.78, 5) is 148. The van der Waals surface area contributed by atoms with Crippen molar-refractivity contribution < 1.29 is 93.2 Å². The molecule has 20 N–H and O–H groups in total. The number of carbonyl (C=O) groups excluding carboxylic acids is 10. The van der Waals surface area contributed by atoms with E-state index >= 15 is 0 Å². The van der Waals surface area contributed by atoms with E-state index in [9.17, 15) is 88.5 Å². The van der Waals surface area contributed by atoms with Crippen LogP contribution in [0.15, 0.2) is 0 Å². The van der Waals surface area contributed by atoms with E-state index in [0.29, 0.717) is 6.42 Å².